The highest BCUT2D eigenvalue weighted by atomic mass is 28.4. The van der Waals surface area contributed by atoms with E-state index in [0.717, 1.165) is 5.56 Å². The average molecular weight is 520 g/mol. The molecule has 1 heterocycles. The molecule has 0 spiro atoms. The maximum atomic E-state index is 13.3. The van der Waals surface area contributed by atoms with Crippen molar-refractivity contribution in [2.24, 2.45) is 5.41 Å². The summed E-state index contributed by atoms with van der Waals surface area (Å²) in [4.78, 5) is 40.4. The number of ether oxygens (including phenoxy) is 3. The molecule has 2 rings (SSSR count). The van der Waals surface area contributed by atoms with E-state index < -0.39 is 43.4 Å². The third-order valence-corrected chi connectivity index (χ3v) is 11.1. The first-order chi connectivity index (χ1) is 16.5. The van der Waals surface area contributed by atoms with E-state index >= 15 is 0 Å². The van der Waals surface area contributed by atoms with Crippen LogP contribution in [0.15, 0.2) is 36.4 Å². The summed E-state index contributed by atoms with van der Waals surface area (Å²) in [7, 11) is 0.205. The van der Waals surface area contributed by atoms with Crippen molar-refractivity contribution in [1.82, 2.24) is 4.90 Å². The molecule has 1 saturated heterocycles. The van der Waals surface area contributed by atoms with Gasteiger partial charge in [-0.2, -0.15) is 0 Å². The van der Waals surface area contributed by atoms with E-state index in [-0.39, 0.29) is 18.0 Å². The molecule has 1 aliphatic rings. The van der Waals surface area contributed by atoms with Gasteiger partial charge in [-0.3, -0.25) is 9.69 Å². The molecule has 0 N–H and O–H groups in total. The number of likely N-dealkylation sites (tertiary alicyclic amines) is 1. The molecule has 0 radical (unpaired) electrons. The summed E-state index contributed by atoms with van der Waals surface area (Å²) in [5.41, 5.74) is -1.35. The van der Waals surface area contributed by atoms with E-state index in [0.29, 0.717) is 5.76 Å². The van der Waals surface area contributed by atoms with Crippen LogP contribution in [-0.2, 0) is 28.2 Å². The van der Waals surface area contributed by atoms with Crippen LogP contribution in [-0.4, -0.2) is 63.7 Å². The normalized spacial score (nSPS) is 21.1. The molecule has 0 aromatic heterocycles. The van der Waals surface area contributed by atoms with Crippen LogP contribution in [0.5, 0.6) is 0 Å². The van der Waals surface area contributed by atoms with E-state index in [2.05, 4.69) is 33.9 Å². The smallest absolute Gasteiger partial charge is 0.411 e. The fourth-order valence-corrected chi connectivity index (χ4v) is 4.79. The van der Waals surface area contributed by atoms with Crippen LogP contribution in [0.25, 0.3) is 5.76 Å². The second-order valence-electron chi connectivity index (χ2n) is 11.7. The summed E-state index contributed by atoms with van der Waals surface area (Å²) in [6.45, 7) is 15.7. The Morgan fingerprint density at radius 3 is 2.06 bits per heavy atom. The van der Waals surface area contributed by atoms with Crippen molar-refractivity contribution in [3.05, 3.63) is 42.0 Å². The highest BCUT2D eigenvalue weighted by molar-refractivity contribution is 6.74. The van der Waals surface area contributed by atoms with Gasteiger partial charge in [-0.25, -0.2) is 9.59 Å². The number of carbonyl (C=O) groups is 3. The number of hydrogen-bond acceptors (Lipinski definition) is 7. The predicted octanol–water partition coefficient (Wildman–Crippen LogP) is 5.39. The third-order valence-electron chi connectivity index (χ3n) is 6.72. The Kier molecular flexibility index (Phi) is 8.71. The predicted molar refractivity (Wildman–Crippen MR) is 141 cm³/mol. The van der Waals surface area contributed by atoms with Crippen molar-refractivity contribution in [3.63, 3.8) is 0 Å². The fraction of sp³-hybridized carbons (Fsp3) is 0.593. The van der Waals surface area contributed by atoms with Crippen molar-refractivity contribution in [1.29, 1.82) is 0 Å². The second kappa shape index (κ2) is 10.7. The first-order valence-corrected chi connectivity index (χ1v) is 15.0. The lowest BCUT2D eigenvalue weighted by atomic mass is 9.84. The van der Waals surface area contributed by atoms with Crippen LogP contribution >= 0.6 is 0 Å². The van der Waals surface area contributed by atoms with Crippen molar-refractivity contribution in [2.75, 3.05) is 20.8 Å². The lowest BCUT2D eigenvalue weighted by molar-refractivity contribution is -0.149. The molecular formula is C27H41NO7Si. The number of hydrogen-bond donors (Lipinski definition) is 0. The summed E-state index contributed by atoms with van der Waals surface area (Å²) in [6, 6.07) is 8.47. The van der Waals surface area contributed by atoms with Crippen molar-refractivity contribution >= 4 is 32.1 Å². The van der Waals surface area contributed by atoms with Gasteiger partial charge in [0.2, 0.25) is 8.32 Å². The Morgan fingerprint density at radius 2 is 1.58 bits per heavy atom. The van der Waals surface area contributed by atoms with Gasteiger partial charge in [0.25, 0.3) is 0 Å². The molecule has 0 saturated carbocycles. The zero-order valence-electron chi connectivity index (χ0n) is 23.3. The topological polar surface area (TPSA) is 91.4 Å². The van der Waals surface area contributed by atoms with Crippen LogP contribution < -0.4 is 0 Å². The van der Waals surface area contributed by atoms with Crippen LogP contribution in [0, 0.1) is 5.41 Å². The van der Waals surface area contributed by atoms with Gasteiger partial charge in [-0.15, -0.1) is 0 Å². The largest absolute Gasteiger partial charge is 0.543 e. The van der Waals surface area contributed by atoms with Gasteiger partial charge < -0.3 is 18.6 Å². The zero-order valence-corrected chi connectivity index (χ0v) is 24.3. The zero-order chi connectivity index (χ0) is 27.5. The minimum absolute atomic E-state index is 0.0250. The number of benzene rings is 1. The monoisotopic (exact) mass is 519 g/mol. The van der Waals surface area contributed by atoms with Crippen LogP contribution in [0.1, 0.15) is 53.5 Å². The molecule has 36 heavy (non-hydrogen) atoms. The summed E-state index contributed by atoms with van der Waals surface area (Å²) in [5.74, 6) is -0.691. The minimum atomic E-state index is -2.33. The van der Waals surface area contributed by atoms with Gasteiger partial charge in [0, 0.05) is 18.5 Å². The quantitative estimate of drug-likeness (QED) is 0.215. The second-order valence-corrected chi connectivity index (χ2v) is 16.5. The van der Waals surface area contributed by atoms with E-state index in [1.807, 2.05) is 30.3 Å². The lowest BCUT2D eigenvalue weighted by Gasteiger charge is -2.38. The summed E-state index contributed by atoms with van der Waals surface area (Å²) in [6.07, 6.45) is 0.987. The molecule has 1 unspecified atom stereocenters. The molecule has 1 amide bonds. The number of nitrogens with zero attached hydrogens (tertiary/aromatic N) is 1. The van der Waals surface area contributed by atoms with E-state index in [1.54, 1.807) is 26.8 Å². The molecule has 0 aliphatic carbocycles. The molecule has 1 aromatic rings. The molecule has 2 atom stereocenters. The minimum Gasteiger partial charge on any atom is -0.543 e. The number of esters is 2. The van der Waals surface area contributed by atoms with Crippen molar-refractivity contribution in [3.8, 4) is 0 Å². The molecule has 8 nitrogen and oxygen atoms in total. The Balaban J connectivity index is 2.69. The van der Waals surface area contributed by atoms with Gasteiger partial charge in [-0.05, 0) is 45.0 Å². The summed E-state index contributed by atoms with van der Waals surface area (Å²) in [5, 5.41) is -0.105. The Bertz CT molecular complexity index is 992. The first-order valence-electron chi connectivity index (χ1n) is 12.1. The maximum absolute atomic E-state index is 13.3. The molecule has 0 bridgehead atoms. The van der Waals surface area contributed by atoms with Gasteiger partial charge in [0.1, 0.15) is 22.8 Å². The van der Waals surface area contributed by atoms with Gasteiger partial charge in [0.15, 0.2) is 0 Å². The highest BCUT2D eigenvalue weighted by Crippen LogP contribution is 2.44. The van der Waals surface area contributed by atoms with Crippen molar-refractivity contribution in [2.45, 2.75) is 77.7 Å². The number of rotatable bonds is 6. The van der Waals surface area contributed by atoms with Gasteiger partial charge in [-0.1, -0.05) is 51.1 Å². The summed E-state index contributed by atoms with van der Waals surface area (Å²) < 4.78 is 22.4. The Morgan fingerprint density at radius 1 is 1.00 bits per heavy atom. The fourth-order valence-electron chi connectivity index (χ4n) is 3.76. The van der Waals surface area contributed by atoms with Crippen molar-refractivity contribution < 1.29 is 33.0 Å². The molecule has 9 heteroatoms. The SMILES string of the molecule is COC(=O)[C@@H]1CC(C=C(O[Si](C)(C)C(C)(C)C)c2ccccc2)(C(=O)OC)CN1C(=O)OC(C)(C)C. The maximum Gasteiger partial charge on any atom is 0.411 e. The Labute approximate surface area is 216 Å². The van der Waals surface area contributed by atoms with E-state index in [4.69, 9.17) is 18.6 Å². The Hall–Kier alpha value is -2.81. The van der Waals surface area contributed by atoms with Crippen LogP contribution in [0.4, 0.5) is 4.79 Å². The lowest BCUT2D eigenvalue weighted by Crippen LogP contribution is -2.44. The molecule has 1 aliphatic heterocycles. The number of carbonyl (C=O) groups excluding carboxylic acids is 3. The molecule has 200 valence electrons. The number of amides is 1. The number of methoxy groups -OCH3 is 2. The standard InChI is InChI=1S/C27H41NO7Si/c1-25(2,3)34-24(31)28-18-27(23(30)33-8,16-20(28)22(29)32-7)17-21(19-14-12-11-13-15-19)35-36(9,10)26(4,5)6/h11-15,17,20H,16,18H2,1-10H3/t20-,27?/m0/s1. The van der Waals surface area contributed by atoms with Crippen LogP contribution in [0.3, 0.4) is 0 Å². The van der Waals surface area contributed by atoms with Crippen LogP contribution in [0.2, 0.25) is 18.1 Å². The molecular weight excluding hydrogens is 478 g/mol. The summed E-state index contributed by atoms with van der Waals surface area (Å²) >= 11 is 0. The van der Waals surface area contributed by atoms with Gasteiger partial charge in [0.05, 0.1) is 14.2 Å². The molecule has 1 fully saturated rings. The first kappa shape index (κ1) is 29.4. The van der Waals surface area contributed by atoms with Gasteiger partial charge >= 0.3 is 18.0 Å². The van der Waals surface area contributed by atoms with E-state index in [1.165, 1.54) is 19.1 Å². The third kappa shape index (κ3) is 6.69. The highest BCUT2D eigenvalue weighted by Gasteiger charge is 2.55. The average Bonchev–Trinajstić information content (AvgIpc) is 3.17. The molecule has 1 aromatic carbocycles. The van der Waals surface area contributed by atoms with E-state index in [9.17, 15) is 14.4 Å².